The van der Waals surface area contributed by atoms with E-state index in [0.29, 0.717) is 31.4 Å². The summed E-state index contributed by atoms with van der Waals surface area (Å²) < 4.78 is 32.0. The molecule has 0 saturated carbocycles. The third-order valence-electron chi connectivity index (χ3n) is 3.86. The van der Waals surface area contributed by atoms with E-state index in [9.17, 15) is 13.2 Å². The van der Waals surface area contributed by atoms with Crippen LogP contribution < -0.4 is 5.32 Å². The number of benzene rings is 1. The van der Waals surface area contributed by atoms with E-state index in [2.05, 4.69) is 15.5 Å². The van der Waals surface area contributed by atoms with E-state index in [0.717, 1.165) is 17.8 Å². The molecule has 1 aliphatic heterocycles. The molecule has 26 heavy (non-hydrogen) atoms. The summed E-state index contributed by atoms with van der Waals surface area (Å²) in [4.78, 5) is 12.5. The minimum atomic E-state index is -3.65. The molecule has 3 rings (SSSR count). The highest BCUT2D eigenvalue weighted by Gasteiger charge is 2.27. The van der Waals surface area contributed by atoms with Gasteiger partial charge in [0.2, 0.25) is 15.2 Å². The van der Waals surface area contributed by atoms with Crippen LogP contribution in [-0.2, 0) is 21.2 Å². The first-order valence-electron chi connectivity index (χ1n) is 8.32. The van der Waals surface area contributed by atoms with E-state index >= 15 is 0 Å². The van der Waals surface area contributed by atoms with Gasteiger partial charge >= 0.3 is 0 Å². The normalized spacial score (nSPS) is 15.7. The summed E-state index contributed by atoms with van der Waals surface area (Å²) in [7, 11) is -3.65. The summed E-state index contributed by atoms with van der Waals surface area (Å²) in [5.41, 5.74) is 0.256. The maximum Gasteiger partial charge on any atom is 0.257 e. The fourth-order valence-corrected chi connectivity index (χ4v) is 4.81. The Hall–Kier alpha value is -1.88. The number of rotatable bonds is 6. The largest absolute Gasteiger partial charge is 0.379 e. The Bertz CT molecular complexity index is 876. The second-order valence-corrected chi connectivity index (χ2v) is 8.75. The lowest BCUT2D eigenvalue weighted by Crippen LogP contribution is -2.40. The number of ether oxygens (including phenoxy) is 1. The zero-order valence-electron chi connectivity index (χ0n) is 14.3. The lowest BCUT2D eigenvalue weighted by molar-refractivity contribution is 0.0730. The molecule has 0 atom stereocenters. The molecule has 0 radical (unpaired) electrons. The molecule has 1 aromatic carbocycles. The van der Waals surface area contributed by atoms with Crippen LogP contribution in [0.1, 0.15) is 28.7 Å². The average molecular weight is 396 g/mol. The Labute approximate surface area is 156 Å². The van der Waals surface area contributed by atoms with Crippen molar-refractivity contribution in [3.05, 3.63) is 34.8 Å². The molecule has 10 heteroatoms. The van der Waals surface area contributed by atoms with Gasteiger partial charge < -0.3 is 4.74 Å². The monoisotopic (exact) mass is 396 g/mol. The molecule has 0 aliphatic carbocycles. The summed E-state index contributed by atoms with van der Waals surface area (Å²) in [5, 5.41) is 11.9. The van der Waals surface area contributed by atoms with Gasteiger partial charge in [0.25, 0.3) is 5.91 Å². The first-order valence-corrected chi connectivity index (χ1v) is 10.6. The molecule has 0 bridgehead atoms. The van der Waals surface area contributed by atoms with Gasteiger partial charge in [-0.05, 0) is 24.6 Å². The zero-order chi connectivity index (χ0) is 18.6. The first-order chi connectivity index (χ1) is 12.5. The van der Waals surface area contributed by atoms with Crippen molar-refractivity contribution in [3.63, 3.8) is 0 Å². The van der Waals surface area contributed by atoms with Crippen LogP contribution in [0.5, 0.6) is 0 Å². The van der Waals surface area contributed by atoms with Crippen LogP contribution in [0.3, 0.4) is 0 Å². The third kappa shape index (κ3) is 4.26. The molecule has 1 N–H and O–H groups in total. The van der Waals surface area contributed by atoms with Gasteiger partial charge in [0, 0.05) is 25.1 Å². The van der Waals surface area contributed by atoms with Gasteiger partial charge in [-0.25, -0.2) is 8.42 Å². The van der Waals surface area contributed by atoms with Crippen molar-refractivity contribution < 1.29 is 17.9 Å². The number of aromatic nitrogens is 2. The maximum atomic E-state index is 12.7. The third-order valence-corrected chi connectivity index (χ3v) is 6.65. The van der Waals surface area contributed by atoms with Crippen LogP contribution >= 0.6 is 11.3 Å². The van der Waals surface area contributed by atoms with Gasteiger partial charge in [-0.15, -0.1) is 10.2 Å². The number of nitrogens with zero attached hydrogens (tertiary/aromatic N) is 3. The lowest BCUT2D eigenvalue weighted by atomic mass is 10.2. The molecule has 1 aromatic heterocycles. The van der Waals surface area contributed by atoms with Crippen LogP contribution in [0.25, 0.3) is 0 Å². The fraction of sp³-hybridized carbons (Fsp3) is 0.438. The van der Waals surface area contributed by atoms with Gasteiger partial charge in [0.05, 0.1) is 18.1 Å². The molecular weight excluding hydrogens is 376 g/mol. The summed E-state index contributed by atoms with van der Waals surface area (Å²) in [6.45, 7) is 3.40. The molecule has 8 nitrogen and oxygen atoms in total. The second kappa shape index (κ2) is 8.21. The van der Waals surface area contributed by atoms with E-state index in [4.69, 9.17) is 4.74 Å². The van der Waals surface area contributed by atoms with Gasteiger partial charge in [-0.1, -0.05) is 24.3 Å². The highest BCUT2D eigenvalue weighted by atomic mass is 32.2. The average Bonchev–Trinajstić information content (AvgIpc) is 3.10. The van der Waals surface area contributed by atoms with Crippen LogP contribution in [-0.4, -0.2) is 55.1 Å². The Morgan fingerprint density at radius 3 is 2.81 bits per heavy atom. The van der Waals surface area contributed by atoms with Gasteiger partial charge in [0.15, 0.2) is 0 Å². The van der Waals surface area contributed by atoms with Gasteiger partial charge in [0.1, 0.15) is 5.01 Å². The Balaban J connectivity index is 1.76. The van der Waals surface area contributed by atoms with Crippen molar-refractivity contribution >= 4 is 32.4 Å². The Kier molecular flexibility index (Phi) is 5.97. The van der Waals surface area contributed by atoms with Crippen molar-refractivity contribution in [1.82, 2.24) is 14.5 Å². The van der Waals surface area contributed by atoms with Crippen LogP contribution in [0.4, 0.5) is 5.13 Å². The lowest BCUT2D eigenvalue weighted by Gasteiger charge is -2.26. The van der Waals surface area contributed by atoms with Gasteiger partial charge in [-0.3, -0.25) is 10.1 Å². The molecule has 0 spiro atoms. The number of hydrogen-bond acceptors (Lipinski definition) is 7. The van der Waals surface area contributed by atoms with Crippen molar-refractivity contribution in [2.24, 2.45) is 0 Å². The highest BCUT2D eigenvalue weighted by molar-refractivity contribution is 7.89. The molecule has 0 unspecified atom stereocenters. The van der Waals surface area contributed by atoms with E-state index in [1.54, 1.807) is 12.1 Å². The smallest absolute Gasteiger partial charge is 0.257 e. The maximum absolute atomic E-state index is 12.7. The summed E-state index contributed by atoms with van der Waals surface area (Å²) in [6.07, 6.45) is 1.75. The van der Waals surface area contributed by atoms with Crippen LogP contribution in [0.2, 0.25) is 0 Å². The standard InChI is InChI=1S/C16H20N4O4S2/c1-2-4-14-18-19-16(25-14)17-15(21)12-5-3-6-13(11-12)26(22,23)20-7-9-24-10-8-20/h3,5-6,11H,2,4,7-10H2,1H3,(H,17,19,21). The number of sulfonamides is 1. The van der Waals surface area contributed by atoms with Crippen molar-refractivity contribution in [2.75, 3.05) is 31.6 Å². The Morgan fingerprint density at radius 1 is 1.31 bits per heavy atom. The minimum Gasteiger partial charge on any atom is -0.379 e. The van der Waals surface area contributed by atoms with Crippen molar-refractivity contribution in [1.29, 1.82) is 0 Å². The molecule has 1 amide bonds. The summed E-state index contributed by atoms with van der Waals surface area (Å²) in [5.74, 6) is -0.414. The number of amides is 1. The van der Waals surface area contributed by atoms with E-state index in [-0.39, 0.29) is 10.5 Å². The number of anilines is 1. The number of nitrogens with one attached hydrogen (secondary N) is 1. The zero-order valence-corrected chi connectivity index (χ0v) is 16.0. The van der Waals surface area contributed by atoms with Crippen LogP contribution in [0.15, 0.2) is 29.2 Å². The quantitative estimate of drug-likeness (QED) is 0.798. The highest BCUT2D eigenvalue weighted by Crippen LogP contribution is 2.20. The first kappa shape index (κ1) is 18.9. The fourth-order valence-electron chi connectivity index (χ4n) is 2.52. The summed E-state index contributed by atoms with van der Waals surface area (Å²) >= 11 is 1.32. The second-order valence-electron chi connectivity index (χ2n) is 5.75. The molecule has 2 aromatic rings. The number of carbonyl (C=O) groups is 1. The minimum absolute atomic E-state index is 0.0935. The molecule has 140 valence electrons. The Morgan fingerprint density at radius 2 is 2.08 bits per heavy atom. The number of hydrogen-bond donors (Lipinski definition) is 1. The van der Waals surface area contributed by atoms with Crippen molar-refractivity contribution in [3.8, 4) is 0 Å². The van der Waals surface area contributed by atoms with Gasteiger partial charge in [-0.2, -0.15) is 4.31 Å². The van der Waals surface area contributed by atoms with Crippen molar-refractivity contribution in [2.45, 2.75) is 24.7 Å². The molecule has 1 aliphatic rings. The van der Waals surface area contributed by atoms with E-state index in [1.807, 2.05) is 6.92 Å². The number of aryl methyl sites for hydroxylation is 1. The summed E-state index contributed by atoms with van der Waals surface area (Å²) in [6, 6.07) is 6.01. The molecule has 1 saturated heterocycles. The predicted molar refractivity (Wildman–Crippen MR) is 97.9 cm³/mol. The number of morpholine rings is 1. The SMILES string of the molecule is CCCc1nnc(NC(=O)c2cccc(S(=O)(=O)N3CCOCC3)c2)s1. The number of carbonyl (C=O) groups excluding carboxylic acids is 1. The topological polar surface area (TPSA) is 101 Å². The molecule has 1 fully saturated rings. The van der Waals surface area contributed by atoms with E-state index < -0.39 is 15.9 Å². The van der Waals surface area contributed by atoms with Crippen LogP contribution in [0, 0.1) is 0 Å². The molecule has 2 heterocycles. The van der Waals surface area contributed by atoms with E-state index in [1.165, 1.54) is 27.8 Å². The molecular formula is C16H20N4O4S2. The predicted octanol–water partition coefficient (Wildman–Crippen LogP) is 1.76.